The Labute approximate surface area is 83.2 Å². The minimum Gasteiger partial charge on any atom is -0.373 e. The van der Waals surface area contributed by atoms with Gasteiger partial charge in [-0.3, -0.25) is 4.79 Å². The Bertz CT molecular complexity index is 368. The van der Waals surface area contributed by atoms with Crippen molar-refractivity contribution in [1.82, 2.24) is 0 Å². The molecule has 14 heavy (non-hydrogen) atoms. The Kier molecular flexibility index (Phi) is 2.46. The lowest BCUT2D eigenvalue weighted by molar-refractivity contribution is 0.101. The average Bonchev–Trinajstić information content (AvgIpc) is 2.12. The quantitative estimate of drug-likeness (QED) is 0.666. The van der Waals surface area contributed by atoms with Crippen LogP contribution in [-0.4, -0.2) is 19.0 Å². The molecule has 0 aliphatic carbocycles. The second kappa shape index (κ2) is 3.76. The van der Waals surface area contributed by atoms with E-state index in [1.54, 1.807) is 6.92 Å². The maximum Gasteiger partial charge on any atom is 0.159 e. The van der Waals surface area contributed by atoms with Gasteiger partial charge in [-0.1, -0.05) is 30.3 Å². The first-order chi connectivity index (χ1) is 6.75. The van der Waals surface area contributed by atoms with Crippen molar-refractivity contribution in [1.29, 1.82) is 0 Å². The molecule has 0 saturated carbocycles. The molecule has 0 atom stereocenters. The van der Waals surface area contributed by atoms with Crippen LogP contribution in [0.1, 0.15) is 22.8 Å². The number of Topliss-reactive ketones (excluding diaryl/α,β-unsaturated/α-hetero) is 1. The zero-order chi connectivity index (χ0) is 9.97. The summed E-state index contributed by atoms with van der Waals surface area (Å²) in [5.74, 6) is 0.108. The molecule has 2 nitrogen and oxygen atoms in total. The fraction of sp³-hybridized carbons (Fsp3) is 0.250. The number of carbonyl (C=O) groups excluding carboxylic acids is 1. The highest BCUT2D eigenvalue weighted by Crippen LogP contribution is 2.14. The van der Waals surface area contributed by atoms with Crippen molar-refractivity contribution in [3.63, 3.8) is 0 Å². The SMILES string of the molecule is CC(=O)c1ccc(C=C2COC2)cc1. The summed E-state index contributed by atoms with van der Waals surface area (Å²) >= 11 is 0. The van der Waals surface area contributed by atoms with Crippen molar-refractivity contribution in [2.24, 2.45) is 0 Å². The molecule has 0 radical (unpaired) electrons. The molecule has 1 fully saturated rings. The minimum atomic E-state index is 0.108. The van der Waals surface area contributed by atoms with E-state index in [-0.39, 0.29) is 5.78 Å². The van der Waals surface area contributed by atoms with Crippen molar-refractivity contribution in [2.45, 2.75) is 6.92 Å². The molecule has 0 amide bonds. The van der Waals surface area contributed by atoms with Crippen molar-refractivity contribution < 1.29 is 9.53 Å². The summed E-state index contributed by atoms with van der Waals surface area (Å²) in [6.07, 6.45) is 2.10. The monoisotopic (exact) mass is 188 g/mol. The molecule has 1 aromatic carbocycles. The Hall–Kier alpha value is -1.41. The summed E-state index contributed by atoms with van der Waals surface area (Å²) < 4.78 is 5.05. The van der Waals surface area contributed by atoms with Gasteiger partial charge in [-0.15, -0.1) is 0 Å². The lowest BCUT2D eigenvalue weighted by atomic mass is 10.1. The summed E-state index contributed by atoms with van der Waals surface area (Å²) in [6, 6.07) is 7.63. The molecule has 0 unspecified atom stereocenters. The third-order valence-electron chi connectivity index (χ3n) is 2.26. The zero-order valence-corrected chi connectivity index (χ0v) is 8.12. The van der Waals surface area contributed by atoms with Gasteiger partial charge >= 0.3 is 0 Å². The van der Waals surface area contributed by atoms with E-state index in [0.29, 0.717) is 0 Å². The van der Waals surface area contributed by atoms with Crippen molar-refractivity contribution in [2.75, 3.05) is 13.2 Å². The highest BCUT2D eigenvalue weighted by atomic mass is 16.5. The molecule has 72 valence electrons. The summed E-state index contributed by atoms with van der Waals surface area (Å²) in [5.41, 5.74) is 3.20. The van der Waals surface area contributed by atoms with E-state index >= 15 is 0 Å². The summed E-state index contributed by atoms with van der Waals surface area (Å²) in [6.45, 7) is 3.07. The Balaban J connectivity index is 2.17. The molecule has 0 bridgehead atoms. The molecule has 1 aliphatic heterocycles. The van der Waals surface area contributed by atoms with Crippen LogP contribution in [0.2, 0.25) is 0 Å². The van der Waals surface area contributed by atoms with E-state index in [2.05, 4.69) is 6.08 Å². The second-order valence-electron chi connectivity index (χ2n) is 3.47. The molecular formula is C12H12O2. The number of benzene rings is 1. The summed E-state index contributed by atoms with van der Waals surface area (Å²) in [4.78, 5) is 11.0. The van der Waals surface area contributed by atoms with Crippen LogP contribution >= 0.6 is 0 Å². The lowest BCUT2D eigenvalue weighted by Crippen LogP contribution is -2.15. The van der Waals surface area contributed by atoms with Gasteiger partial charge in [0.1, 0.15) is 0 Å². The van der Waals surface area contributed by atoms with Crippen LogP contribution in [0, 0.1) is 0 Å². The van der Waals surface area contributed by atoms with Gasteiger partial charge in [-0.05, 0) is 18.1 Å². The molecule has 2 heteroatoms. The lowest BCUT2D eigenvalue weighted by Gasteiger charge is -2.17. The van der Waals surface area contributed by atoms with E-state index in [1.807, 2.05) is 24.3 Å². The van der Waals surface area contributed by atoms with Gasteiger partial charge in [0.2, 0.25) is 0 Å². The molecule has 1 saturated heterocycles. The number of rotatable bonds is 2. The van der Waals surface area contributed by atoms with Gasteiger partial charge in [-0.2, -0.15) is 0 Å². The maximum atomic E-state index is 11.0. The fourth-order valence-electron chi connectivity index (χ4n) is 1.35. The number of carbonyl (C=O) groups is 1. The predicted molar refractivity (Wildman–Crippen MR) is 55.2 cm³/mol. The van der Waals surface area contributed by atoms with Crippen LogP contribution < -0.4 is 0 Å². The van der Waals surface area contributed by atoms with Gasteiger partial charge in [0.25, 0.3) is 0 Å². The number of hydrogen-bond acceptors (Lipinski definition) is 2. The van der Waals surface area contributed by atoms with E-state index in [9.17, 15) is 4.79 Å². The number of hydrogen-bond donors (Lipinski definition) is 0. The number of ketones is 1. The highest BCUT2D eigenvalue weighted by Gasteiger charge is 2.08. The Morgan fingerprint density at radius 3 is 2.36 bits per heavy atom. The third-order valence-corrected chi connectivity index (χ3v) is 2.26. The van der Waals surface area contributed by atoms with Crippen LogP contribution in [0.5, 0.6) is 0 Å². The average molecular weight is 188 g/mol. The van der Waals surface area contributed by atoms with Crippen LogP contribution in [-0.2, 0) is 4.74 Å². The normalized spacial score (nSPS) is 14.8. The molecule has 0 N–H and O–H groups in total. The molecule has 2 rings (SSSR count). The first-order valence-corrected chi connectivity index (χ1v) is 4.64. The zero-order valence-electron chi connectivity index (χ0n) is 8.12. The maximum absolute atomic E-state index is 11.0. The van der Waals surface area contributed by atoms with Crippen LogP contribution in [0.4, 0.5) is 0 Å². The number of ether oxygens (including phenoxy) is 1. The van der Waals surface area contributed by atoms with Crippen molar-refractivity contribution in [3.05, 3.63) is 41.0 Å². The Morgan fingerprint density at radius 2 is 1.93 bits per heavy atom. The molecule has 1 aliphatic rings. The van der Waals surface area contributed by atoms with Gasteiger partial charge in [0, 0.05) is 5.56 Å². The van der Waals surface area contributed by atoms with E-state index in [4.69, 9.17) is 4.74 Å². The van der Waals surface area contributed by atoms with Crippen LogP contribution in [0.3, 0.4) is 0 Å². The van der Waals surface area contributed by atoms with E-state index in [0.717, 1.165) is 24.3 Å². The van der Waals surface area contributed by atoms with E-state index < -0.39 is 0 Å². The molecule has 1 heterocycles. The van der Waals surface area contributed by atoms with E-state index in [1.165, 1.54) is 5.57 Å². The minimum absolute atomic E-state index is 0.108. The molecule has 0 spiro atoms. The second-order valence-corrected chi connectivity index (χ2v) is 3.47. The van der Waals surface area contributed by atoms with Crippen LogP contribution in [0.15, 0.2) is 29.8 Å². The van der Waals surface area contributed by atoms with Crippen LogP contribution in [0.25, 0.3) is 6.08 Å². The van der Waals surface area contributed by atoms with Gasteiger partial charge in [-0.25, -0.2) is 0 Å². The molecular weight excluding hydrogens is 176 g/mol. The van der Waals surface area contributed by atoms with Gasteiger partial charge < -0.3 is 4.74 Å². The van der Waals surface area contributed by atoms with Gasteiger partial charge in [0.05, 0.1) is 13.2 Å². The topological polar surface area (TPSA) is 26.3 Å². The smallest absolute Gasteiger partial charge is 0.159 e. The largest absolute Gasteiger partial charge is 0.373 e. The Morgan fingerprint density at radius 1 is 1.29 bits per heavy atom. The third kappa shape index (κ3) is 1.91. The standard InChI is InChI=1S/C12H12O2/c1-9(13)12-4-2-10(3-5-12)6-11-7-14-8-11/h2-6H,7-8H2,1H3. The fourth-order valence-corrected chi connectivity index (χ4v) is 1.35. The summed E-state index contributed by atoms with van der Waals surface area (Å²) in [5, 5.41) is 0. The highest BCUT2D eigenvalue weighted by molar-refractivity contribution is 5.94. The van der Waals surface area contributed by atoms with Crippen molar-refractivity contribution in [3.8, 4) is 0 Å². The molecule has 1 aromatic rings. The predicted octanol–water partition coefficient (Wildman–Crippen LogP) is 2.30. The molecule has 0 aromatic heterocycles. The first kappa shape index (κ1) is 9.16. The van der Waals surface area contributed by atoms with Gasteiger partial charge in [0.15, 0.2) is 5.78 Å². The van der Waals surface area contributed by atoms with Crippen molar-refractivity contribution >= 4 is 11.9 Å². The first-order valence-electron chi connectivity index (χ1n) is 4.64. The summed E-state index contributed by atoms with van der Waals surface area (Å²) in [7, 11) is 0.